The lowest BCUT2D eigenvalue weighted by atomic mass is 10.1. The quantitative estimate of drug-likeness (QED) is 0.540. The van der Waals surface area contributed by atoms with Gasteiger partial charge in [-0.2, -0.15) is 0 Å². The maximum Gasteiger partial charge on any atom is 0.348 e. The van der Waals surface area contributed by atoms with Crippen LogP contribution in [0.4, 0.5) is 0 Å². The highest BCUT2D eigenvalue weighted by atomic mass is 16.6. The van der Waals surface area contributed by atoms with Crippen LogP contribution in [-0.4, -0.2) is 21.0 Å². The maximum atomic E-state index is 12.5. The fourth-order valence-electron chi connectivity index (χ4n) is 2.42. The molecule has 0 fully saturated rings. The Bertz CT molecular complexity index is 986. The van der Waals surface area contributed by atoms with Crippen molar-refractivity contribution in [3.8, 4) is 11.6 Å². The van der Waals surface area contributed by atoms with E-state index in [-0.39, 0.29) is 5.95 Å². The molecule has 2 aromatic carbocycles. The van der Waals surface area contributed by atoms with Crippen LogP contribution in [-0.2, 0) is 0 Å². The van der Waals surface area contributed by atoms with Gasteiger partial charge < -0.3 is 9.15 Å². The van der Waals surface area contributed by atoms with Gasteiger partial charge in [0.2, 0.25) is 0 Å². The summed E-state index contributed by atoms with van der Waals surface area (Å²) >= 11 is 0. The molecule has 0 amide bonds. The summed E-state index contributed by atoms with van der Waals surface area (Å²) in [5.74, 6) is -0.383. The van der Waals surface area contributed by atoms with Gasteiger partial charge in [-0.05, 0) is 42.8 Å². The van der Waals surface area contributed by atoms with E-state index >= 15 is 0 Å². The van der Waals surface area contributed by atoms with Crippen LogP contribution in [0, 0.1) is 6.92 Å². The zero-order valence-corrected chi connectivity index (χ0v) is 12.8. The van der Waals surface area contributed by atoms with Crippen molar-refractivity contribution in [3.63, 3.8) is 0 Å². The molecule has 2 aromatic heterocycles. The SMILES string of the molecule is Cc1ccc(C(=O)Oc2ccco2)c(-n2nc3ccccc3n2)c1. The number of esters is 1. The van der Waals surface area contributed by atoms with E-state index in [2.05, 4.69) is 10.2 Å². The molecular formula is C18H13N3O3. The van der Waals surface area contributed by atoms with E-state index in [0.29, 0.717) is 11.3 Å². The first kappa shape index (κ1) is 14.2. The van der Waals surface area contributed by atoms with Crippen molar-refractivity contribution in [2.75, 3.05) is 0 Å². The van der Waals surface area contributed by atoms with Gasteiger partial charge in [0.15, 0.2) is 0 Å². The second-order valence-electron chi connectivity index (χ2n) is 5.32. The minimum Gasteiger partial charge on any atom is -0.434 e. The molecule has 0 aliphatic heterocycles. The van der Waals surface area contributed by atoms with Crippen LogP contribution in [0.15, 0.2) is 65.3 Å². The molecule has 24 heavy (non-hydrogen) atoms. The maximum absolute atomic E-state index is 12.5. The third kappa shape index (κ3) is 2.54. The van der Waals surface area contributed by atoms with Gasteiger partial charge in [-0.15, -0.1) is 15.0 Å². The minimum absolute atomic E-state index is 0.144. The number of hydrogen-bond acceptors (Lipinski definition) is 5. The van der Waals surface area contributed by atoms with Gasteiger partial charge in [0.05, 0.1) is 11.8 Å². The molecule has 6 nitrogen and oxygen atoms in total. The van der Waals surface area contributed by atoms with E-state index in [1.807, 2.05) is 43.3 Å². The Morgan fingerprint density at radius 1 is 1.04 bits per heavy atom. The van der Waals surface area contributed by atoms with Gasteiger partial charge >= 0.3 is 5.97 Å². The fraction of sp³-hybridized carbons (Fsp3) is 0.0556. The molecule has 0 spiro atoms. The van der Waals surface area contributed by atoms with Crippen molar-refractivity contribution in [3.05, 3.63) is 72.0 Å². The van der Waals surface area contributed by atoms with Crippen molar-refractivity contribution in [1.29, 1.82) is 0 Å². The van der Waals surface area contributed by atoms with Crippen molar-refractivity contribution in [2.24, 2.45) is 0 Å². The number of rotatable bonds is 3. The summed E-state index contributed by atoms with van der Waals surface area (Å²) in [5, 5.41) is 8.88. The van der Waals surface area contributed by atoms with E-state index in [1.54, 1.807) is 18.2 Å². The first-order valence-corrected chi connectivity index (χ1v) is 7.39. The highest BCUT2D eigenvalue weighted by Crippen LogP contribution is 2.20. The van der Waals surface area contributed by atoms with Gasteiger partial charge in [0.25, 0.3) is 5.95 Å². The summed E-state index contributed by atoms with van der Waals surface area (Å²) in [6, 6.07) is 16.1. The Hall–Kier alpha value is -3.41. The Balaban J connectivity index is 1.79. The van der Waals surface area contributed by atoms with Crippen LogP contribution in [0.5, 0.6) is 5.95 Å². The third-order valence-electron chi connectivity index (χ3n) is 3.56. The average molecular weight is 319 g/mol. The summed E-state index contributed by atoms with van der Waals surface area (Å²) in [7, 11) is 0. The number of nitrogens with zero attached hydrogens (tertiary/aromatic N) is 3. The molecule has 4 aromatic rings. The first-order valence-electron chi connectivity index (χ1n) is 7.39. The first-order chi connectivity index (χ1) is 11.7. The number of aromatic nitrogens is 3. The highest BCUT2D eigenvalue weighted by molar-refractivity contribution is 5.94. The van der Waals surface area contributed by atoms with E-state index in [9.17, 15) is 4.79 Å². The molecule has 0 aliphatic rings. The predicted molar refractivity (Wildman–Crippen MR) is 87.3 cm³/mol. The Morgan fingerprint density at radius 3 is 2.46 bits per heavy atom. The summed E-state index contributed by atoms with van der Waals surface area (Å²) in [6.45, 7) is 1.94. The number of carbonyl (C=O) groups is 1. The monoisotopic (exact) mass is 319 g/mol. The van der Waals surface area contributed by atoms with Gasteiger partial charge in [-0.1, -0.05) is 18.2 Å². The Labute approximate surface area is 137 Å². The molecule has 118 valence electrons. The molecular weight excluding hydrogens is 306 g/mol. The van der Waals surface area contributed by atoms with E-state index < -0.39 is 5.97 Å². The predicted octanol–water partition coefficient (Wildman–Crippen LogP) is 3.54. The van der Waals surface area contributed by atoms with Crippen LogP contribution < -0.4 is 4.74 Å². The summed E-state index contributed by atoms with van der Waals surface area (Å²) in [4.78, 5) is 13.9. The number of aryl methyl sites for hydroxylation is 1. The highest BCUT2D eigenvalue weighted by Gasteiger charge is 2.18. The molecule has 0 N–H and O–H groups in total. The largest absolute Gasteiger partial charge is 0.434 e. The van der Waals surface area contributed by atoms with Crippen molar-refractivity contribution >= 4 is 17.0 Å². The van der Waals surface area contributed by atoms with E-state index in [1.165, 1.54) is 11.1 Å². The number of furan rings is 1. The number of ether oxygens (including phenoxy) is 1. The smallest absolute Gasteiger partial charge is 0.348 e. The van der Waals surface area contributed by atoms with Crippen LogP contribution in [0.1, 0.15) is 15.9 Å². The summed E-state index contributed by atoms with van der Waals surface area (Å²) in [6.07, 6.45) is 1.44. The average Bonchev–Trinajstić information content (AvgIpc) is 3.23. The topological polar surface area (TPSA) is 70.2 Å². The van der Waals surface area contributed by atoms with Gasteiger partial charge in [0.1, 0.15) is 16.7 Å². The van der Waals surface area contributed by atoms with Crippen LogP contribution in [0.2, 0.25) is 0 Å². The van der Waals surface area contributed by atoms with Crippen LogP contribution in [0.25, 0.3) is 16.7 Å². The number of fused-ring (bicyclic) bond motifs is 1. The fourth-order valence-corrected chi connectivity index (χ4v) is 2.42. The molecule has 0 bridgehead atoms. The third-order valence-corrected chi connectivity index (χ3v) is 3.56. The normalized spacial score (nSPS) is 10.9. The molecule has 0 unspecified atom stereocenters. The van der Waals surface area contributed by atoms with Gasteiger partial charge in [-0.25, -0.2) is 4.79 Å². The second-order valence-corrected chi connectivity index (χ2v) is 5.32. The van der Waals surface area contributed by atoms with Gasteiger partial charge in [-0.3, -0.25) is 0 Å². The van der Waals surface area contributed by atoms with Crippen molar-refractivity contribution in [1.82, 2.24) is 15.0 Å². The van der Waals surface area contributed by atoms with E-state index in [4.69, 9.17) is 9.15 Å². The van der Waals surface area contributed by atoms with Crippen molar-refractivity contribution in [2.45, 2.75) is 6.92 Å². The zero-order valence-electron chi connectivity index (χ0n) is 12.8. The van der Waals surface area contributed by atoms with Crippen LogP contribution >= 0.6 is 0 Å². The minimum atomic E-state index is -0.527. The number of benzene rings is 2. The van der Waals surface area contributed by atoms with E-state index in [0.717, 1.165) is 16.6 Å². The molecule has 0 saturated carbocycles. The molecule has 2 heterocycles. The molecule has 0 saturated heterocycles. The Kier molecular flexibility index (Phi) is 3.35. The molecule has 0 atom stereocenters. The number of hydrogen-bond donors (Lipinski definition) is 0. The lowest BCUT2D eigenvalue weighted by Gasteiger charge is -2.08. The second kappa shape index (κ2) is 5.66. The summed E-state index contributed by atoms with van der Waals surface area (Å²) < 4.78 is 10.3. The summed E-state index contributed by atoms with van der Waals surface area (Å²) in [5.41, 5.74) is 3.41. The van der Waals surface area contributed by atoms with Crippen molar-refractivity contribution < 1.29 is 13.9 Å². The zero-order chi connectivity index (χ0) is 16.5. The lowest BCUT2D eigenvalue weighted by molar-refractivity contribution is 0.0693. The Morgan fingerprint density at radius 2 is 1.79 bits per heavy atom. The standard InChI is InChI=1S/C18H13N3O3/c1-12-8-9-13(18(22)24-17-7-4-10-23-17)16(11-12)21-19-14-5-2-3-6-15(14)20-21/h2-11H,1H3. The lowest BCUT2D eigenvalue weighted by Crippen LogP contribution is -2.13. The molecule has 0 aliphatic carbocycles. The molecule has 6 heteroatoms. The number of carbonyl (C=O) groups excluding carboxylic acids is 1. The molecule has 0 radical (unpaired) electrons. The van der Waals surface area contributed by atoms with Crippen LogP contribution in [0.3, 0.4) is 0 Å². The van der Waals surface area contributed by atoms with Gasteiger partial charge in [0, 0.05) is 6.07 Å². The molecule has 4 rings (SSSR count).